The summed E-state index contributed by atoms with van der Waals surface area (Å²) in [7, 11) is 1.69. The van der Waals surface area contributed by atoms with Crippen molar-refractivity contribution in [3.05, 3.63) is 0 Å². The van der Waals surface area contributed by atoms with E-state index in [1.807, 2.05) is 13.8 Å². The molecule has 1 saturated carbocycles. The first-order valence-electron chi connectivity index (χ1n) is 12.1. The number of Topliss-reactive ketones (excluding diaryl/α,β-unsaturated/α-hetero) is 1. The van der Waals surface area contributed by atoms with Crippen molar-refractivity contribution in [3.63, 3.8) is 0 Å². The Morgan fingerprint density at radius 2 is 1.91 bits per heavy atom. The monoisotopic (exact) mass is 504 g/mol. The van der Waals surface area contributed by atoms with Gasteiger partial charge >= 0.3 is 6.36 Å². The molecule has 1 aliphatic carbocycles. The zero-order chi connectivity index (χ0) is 26.0. The molecule has 4 atom stereocenters. The summed E-state index contributed by atoms with van der Waals surface area (Å²) in [6.07, 6.45) is -1.92. The van der Waals surface area contributed by atoms with Gasteiger partial charge in [0.15, 0.2) is 5.78 Å². The number of likely N-dealkylation sites (N-methyl/N-ethyl adjacent to an activating group) is 1. The van der Waals surface area contributed by atoms with Crippen molar-refractivity contribution >= 4 is 23.5 Å². The molecule has 0 bridgehead atoms. The van der Waals surface area contributed by atoms with Gasteiger partial charge in [0.05, 0.1) is 12.1 Å². The number of carbonyl (C=O) groups excluding carboxylic acids is 4. The quantitative estimate of drug-likeness (QED) is 0.388. The molecule has 1 spiro atoms. The Morgan fingerprint density at radius 1 is 1.23 bits per heavy atom. The summed E-state index contributed by atoms with van der Waals surface area (Å²) in [5.41, 5.74) is -0.127. The molecule has 0 aromatic heterocycles. The van der Waals surface area contributed by atoms with Gasteiger partial charge in [-0.15, -0.1) is 13.2 Å². The van der Waals surface area contributed by atoms with Gasteiger partial charge in [0.25, 0.3) is 0 Å². The highest BCUT2D eigenvalue weighted by Crippen LogP contribution is 2.55. The minimum atomic E-state index is -5.00. The van der Waals surface area contributed by atoms with Gasteiger partial charge in [-0.1, -0.05) is 13.8 Å². The lowest BCUT2D eigenvalue weighted by Crippen LogP contribution is -2.55. The maximum atomic E-state index is 13.3. The number of likely N-dealkylation sites (tertiary alicyclic amines) is 1. The van der Waals surface area contributed by atoms with Crippen molar-refractivity contribution in [3.8, 4) is 0 Å². The number of ketones is 1. The molecular weight excluding hydrogens is 469 g/mol. The highest BCUT2D eigenvalue weighted by Gasteiger charge is 2.56. The molecule has 2 heterocycles. The lowest BCUT2D eigenvalue weighted by molar-refractivity contribution is -0.321. The molecule has 3 aliphatic rings. The molecule has 0 unspecified atom stereocenters. The van der Waals surface area contributed by atoms with Gasteiger partial charge in [-0.25, -0.2) is 0 Å². The number of hydrogen-bond donors (Lipinski definition) is 3. The van der Waals surface area contributed by atoms with E-state index >= 15 is 0 Å². The third kappa shape index (κ3) is 7.16. The molecule has 198 valence electrons. The molecule has 3 rings (SSSR count). The van der Waals surface area contributed by atoms with Crippen LogP contribution in [-0.2, 0) is 23.9 Å². The lowest BCUT2D eigenvalue weighted by atomic mass is 9.95. The molecule has 0 radical (unpaired) electrons. The van der Waals surface area contributed by atoms with E-state index < -0.39 is 48.7 Å². The Hall–Kier alpha value is -2.21. The van der Waals surface area contributed by atoms with Gasteiger partial charge in [-0.3, -0.25) is 23.9 Å². The fourth-order valence-corrected chi connectivity index (χ4v) is 5.02. The Balaban J connectivity index is 1.74. The largest absolute Gasteiger partial charge is 0.522 e. The fourth-order valence-electron chi connectivity index (χ4n) is 5.02. The molecule has 0 aromatic carbocycles. The summed E-state index contributed by atoms with van der Waals surface area (Å²) in [6, 6.07) is -2.63. The number of nitrogens with zero attached hydrogens (tertiary/aromatic N) is 1. The van der Waals surface area contributed by atoms with Crippen LogP contribution >= 0.6 is 0 Å². The van der Waals surface area contributed by atoms with Crippen molar-refractivity contribution in [2.45, 2.75) is 76.9 Å². The SMILES string of the molecule is CN[C@H](CC(C)C)C(=O)N1CC2(CC2)C[C@H]1C(=O)N[C@@H](C[C@@H]1CCNC1=O)C(=O)COC(F)(F)F. The van der Waals surface area contributed by atoms with E-state index in [2.05, 4.69) is 20.7 Å². The Kier molecular flexibility index (Phi) is 8.46. The van der Waals surface area contributed by atoms with Crippen LogP contribution in [0, 0.1) is 17.3 Å². The molecule has 2 aliphatic heterocycles. The zero-order valence-electron chi connectivity index (χ0n) is 20.4. The first-order valence-corrected chi connectivity index (χ1v) is 12.1. The highest BCUT2D eigenvalue weighted by molar-refractivity contribution is 5.95. The third-order valence-corrected chi connectivity index (χ3v) is 7.17. The van der Waals surface area contributed by atoms with Gasteiger partial charge in [0.2, 0.25) is 17.7 Å². The van der Waals surface area contributed by atoms with Crippen molar-refractivity contribution in [1.29, 1.82) is 0 Å². The second-order valence-corrected chi connectivity index (χ2v) is 10.4. The molecule has 9 nitrogen and oxygen atoms in total. The summed E-state index contributed by atoms with van der Waals surface area (Å²) in [4.78, 5) is 52.8. The first kappa shape index (κ1) is 27.4. The van der Waals surface area contributed by atoms with Crippen LogP contribution < -0.4 is 16.0 Å². The summed E-state index contributed by atoms with van der Waals surface area (Å²) >= 11 is 0. The molecule has 0 aromatic rings. The zero-order valence-corrected chi connectivity index (χ0v) is 20.4. The third-order valence-electron chi connectivity index (χ3n) is 7.17. The Morgan fingerprint density at radius 3 is 2.43 bits per heavy atom. The van der Waals surface area contributed by atoms with E-state index in [1.54, 1.807) is 11.9 Å². The summed E-state index contributed by atoms with van der Waals surface area (Å²) < 4.78 is 41.2. The van der Waals surface area contributed by atoms with E-state index in [0.29, 0.717) is 32.4 Å². The maximum Gasteiger partial charge on any atom is 0.522 e. The summed E-state index contributed by atoms with van der Waals surface area (Å²) in [5.74, 6) is -2.44. The predicted molar refractivity (Wildman–Crippen MR) is 119 cm³/mol. The minimum absolute atomic E-state index is 0.127. The van der Waals surface area contributed by atoms with Crippen LogP contribution in [0.15, 0.2) is 0 Å². The molecular formula is C23H35F3N4O5. The van der Waals surface area contributed by atoms with Gasteiger partial charge in [-0.2, -0.15) is 0 Å². The minimum Gasteiger partial charge on any atom is -0.356 e. The molecule has 12 heteroatoms. The van der Waals surface area contributed by atoms with Crippen LogP contribution in [0.4, 0.5) is 13.2 Å². The van der Waals surface area contributed by atoms with E-state index in [9.17, 15) is 32.3 Å². The number of amides is 3. The topological polar surface area (TPSA) is 117 Å². The average Bonchev–Trinajstić information content (AvgIpc) is 3.23. The van der Waals surface area contributed by atoms with E-state index in [1.165, 1.54) is 0 Å². The normalized spacial score (nSPS) is 25.0. The number of carbonyl (C=O) groups is 4. The lowest BCUT2D eigenvalue weighted by Gasteiger charge is -2.30. The van der Waals surface area contributed by atoms with Crippen LogP contribution in [0.3, 0.4) is 0 Å². The molecule has 2 saturated heterocycles. The molecule has 3 amide bonds. The molecule has 3 fully saturated rings. The van der Waals surface area contributed by atoms with Gasteiger partial charge in [0.1, 0.15) is 12.6 Å². The number of ether oxygens (including phenoxy) is 1. The number of hydrogen-bond acceptors (Lipinski definition) is 6. The first-order chi connectivity index (χ1) is 16.3. The van der Waals surface area contributed by atoms with Crippen molar-refractivity contribution in [2.75, 3.05) is 26.7 Å². The van der Waals surface area contributed by atoms with E-state index in [0.717, 1.165) is 12.8 Å². The van der Waals surface area contributed by atoms with Crippen molar-refractivity contribution in [2.24, 2.45) is 17.3 Å². The second-order valence-electron chi connectivity index (χ2n) is 10.4. The molecule has 3 N–H and O–H groups in total. The standard InChI is InChI=1S/C23H35F3N4O5/c1-13(2)8-16(27-3)21(34)30-12-22(5-6-22)10-17(30)20(33)29-15(9-14-4-7-28-19(14)32)18(31)11-35-23(24,25)26/h13-17,27H,4-12H2,1-3H3,(H,28,32)(H,29,33)/t14-,15-,16+,17-/m0/s1. The van der Waals surface area contributed by atoms with E-state index in [-0.39, 0.29) is 29.6 Å². The van der Waals surface area contributed by atoms with Crippen molar-refractivity contribution in [1.82, 2.24) is 20.9 Å². The fraction of sp³-hybridized carbons (Fsp3) is 0.826. The van der Waals surface area contributed by atoms with Gasteiger partial charge in [-0.05, 0) is 56.9 Å². The van der Waals surface area contributed by atoms with Crippen LogP contribution in [0.25, 0.3) is 0 Å². The summed E-state index contributed by atoms with van der Waals surface area (Å²) in [5, 5.41) is 8.20. The highest BCUT2D eigenvalue weighted by atomic mass is 19.4. The summed E-state index contributed by atoms with van der Waals surface area (Å²) in [6.45, 7) is 3.54. The number of halogens is 3. The Bertz CT molecular complexity index is 830. The van der Waals surface area contributed by atoms with Crippen LogP contribution in [0.2, 0.25) is 0 Å². The van der Waals surface area contributed by atoms with Gasteiger partial charge < -0.3 is 20.9 Å². The predicted octanol–water partition coefficient (Wildman–Crippen LogP) is 1.12. The second kappa shape index (κ2) is 10.8. The van der Waals surface area contributed by atoms with Crippen LogP contribution in [0.1, 0.15) is 52.4 Å². The number of alkyl halides is 3. The van der Waals surface area contributed by atoms with Crippen molar-refractivity contribution < 1.29 is 37.1 Å². The number of nitrogens with one attached hydrogen (secondary N) is 3. The van der Waals surface area contributed by atoms with Crippen LogP contribution in [-0.4, -0.2) is 79.6 Å². The van der Waals surface area contributed by atoms with E-state index in [4.69, 9.17) is 0 Å². The number of rotatable bonds is 11. The van der Waals surface area contributed by atoms with Crippen LogP contribution in [0.5, 0.6) is 0 Å². The average molecular weight is 505 g/mol. The molecule has 35 heavy (non-hydrogen) atoms. The maximum absolute atomic E-state index is 13.3. The smallest absolute Gasteiger partial charge is 0.356 e. The Labute approximate surface area is 202 Å². The van der Waals surface area contributed by atoms with Gasteiger partial charge in [0, 0.05) is 19.0 Å².